The summed E-state index contributed by atoms with van der Waals surface area (Å²) in [6.07, 6.45) is 2.35. The van der Waals surface area contributed by atoms with Crippen LogP contribution in [0, 0.1) is 0 Å². The van der Waals surface area contributed by atoms with Gasteiger partial charge in [0.05, 0.1) is 17.2 Å². The van der Waals surface area contributed by atoms with E-state index in [0.29, 0.717) is 13.0 Å². The highest BCUT2D eigenvalue weighted by Crippen LogP contribution is 2.43. The molecule has 0 unspecified atom stereocenters. The number of rotatable bonds is 11. The van der Waals surface area contributed by atoms with Crippen LogP contribution in [-0.4, -0.2) is 38.1 Å². The molecule has 2 aromatic rings. The van der Waals surface area contributed by atoms with E-state index in [2.05, 4.69) is 10.6 Å². The summed E-state index contributed by atoms with van der Waals surface area (Å²) in [7, 11) is 1.88. The van der Waals surface area contributed by atoms with E-state index in [-0.39, 0.29) is 33.1 Å². The molecule has 0 heterocycles. The Morgan fingerprint density at radius 3 is 2.45 bits per heavy atom. The predicted octanol–water partition coefficient (Wildman–Crippen LogP) is 4.66. The molecule has 0 saturated heterocycles. The number of halogens is 2. The molecule has 0 aliphatic rings. The van der Waals surface area contributed by atoms with Crippen molar-refractivity contribution in [2.24, 2.45) is 0 Å². The molecule has 0 aromatic heterocycles. The number of esters is 1. The molecule has 0 radical (unpaired) electrons. The standard InChI is InChI=1S/C23H28Cl2N2O4/c1-15(13-17-9-5-4-6-10-17)27-23(29)18-14-19(24)22(30-12-8-7-11-26-3)20(25)21(18)31-16(2)28/h4-6,9-10,14-15,26H,7-8,11-13H2,1-3H3,(H,27,29)/t15-/m1/s1. The van der Waals surface area contributed by atoms with Crippen LogP contribution in [0.1, 0.15) is 42.6 Å². The summed E-state index contributed by atoms with van der Waals surface area (Å²) in [6.45, 7) is 4.38. The lowest BCUT2D eigenvalue weighted by molar-refractivity contribution is -0.131. The summed E-state index contributed by atoms with van der Waals surface area (Å²) >= 11 is 12.8. The van der Waals surface area contributed by atoms with Gasteiger partial charge < -0.3 is 20.1 Å². The van der Waals surface area contributed by atoms with Gasteiger partial charge in [-0.2, -0.15) is 0 Å². The molecule has 1 atom stereocenters. The second-order valence-electron chi connectivity index (χ2n) is 7.20. The summed E-state index contributed by atoms with van der Waals surface area (Å²) in [4.78, 5) is 24.6. The molecule has 0 fully saturated rings. The van der Waals surface area contributed by atoms with Crippen molar-refractivity contribution >= 4 is 35.1 Å². The Hall–Kier alpha value is -2.28. The topological polar surface area (TPSA) is 76.7 Å². The maximum atomic E-state index is 12.9. The van der Waals surface area contributed by atoms with Gasteiger partial charge in [-0.1, -0.05) is 53.5 Å². The minimum absolute atomic E-state index is 0.00261. The molecule has 168 valence electrons. The molecule has 0 saturated carbocycles. The Morgan fingerprint density at radius 2 is 1.81 bits per heavy atom. The molecule has 0 aliphatic carbocycles. The van der Waals surface area contributed by atoms with Gasteiger partial charge >= 0.3 is 5.97 Å². The quantitative estimate of drug-likeness (QED) is 0.286. The third-order valence-corrected chi connectivity index (χ3v) is 5.08. The largest absolute Gasteiger partial charge is 0.490 e. The minimum Gasteiger partial charge on any atom is -0.490 e. The molecule has 6 nitrogen and oxygen atoms in total. The third kappa shape index (κ3) is 7.73. The fourth-order valence-corrected chi connectivity index (χ4v) is 3.63. The number of ether oxygens (including phenoxy) is 2. The van der Waals surface area contributed by atoms with Crippen LogP contribution in [-0.2, 0) is 11.2 Å². The number of unbranched alkanes of at least 4 members (excludes halogenated alkanes) is 1. The lowest BCUT2D eigenvalue weighted by atomic mass is 10.1. The maximum absolute atomic E-state index is 12.9. The highest BCUT2D eigenvalue weighted by Gasteiger charge is 2.25. The average Bonchev–Trinajstić information content (AvgIpc) is 2.72. The van der Waals surface area contributed by atoms with Crippen LogP contribution in [0.3, 0.4) is 0 Å². The van der Waals surface area contributed by atoms with Crippen molar-refractivity contribution in [3.05, 3.63) is 57.6 Å². The molecule has 2 rings (SSSR count). The van der Waals surface area contributed by atoms with Crippen molar-refractivity contribution in [2.75, 3.05) is 20.2 Å². The zero-order chi connectivity index (χ0) is 22.8. The normalized spacial score (nSPS) is 11.6. The fraction of sp³-hybridized carbons (Fsp3) is 0.391. The molecule has 1 amide bonds. The summed E-state index contributed by atoms with van der Waals surface area (Å²) in [6, 6.07) is 11.1. The van der Waals surface area contributed by atoms with Crippen molar-refractivity contribution < 1.29 is 19.1 Å². The van der Waals surface area contributed by atoms with Gasteiger partial charge in [0.25, 0.3) is 5.91 Å². The number of hydrogen-bond acceptors (Lipinski definition) is 5. The van der Waals surface area contributed by atoms with Crippen LogP contribution in [0.4, 0.5) is 0 Å². The highest BCUT2D eigenvalue weighted by molar-refractivity contribution is 6.39. The van der Waals surface area contributed by atoms with Crippen LogP contribution in [0.5, 0.6) is 11.5 Å². The molecule has 2 aromatic carbocycles. The summed E-state index contributed by atoms with van der Waals surface area (Å²) < 4.78 is 11.0. The van der Waals surface area contributed by atoms with Crippen LogP contribution in [0.15, 0.2) is 36.4 Å². The lowest BCUT2D eigenvalue weighted by Crippen LogP contribution is -2.34. The van der Waals surface area contributed by atoms with E-state index in [0.717, 1.165) is 24.9 Å². The van der Waals surface area contributed by atoms with Crippen LogP contribution < -0.4 is 20.1 Å². The van der Waals surface area contributed by atoms with Crippen molar-refractivity contribution in [2.45, 2.75) is 39.2 Å². The number of carbonyl (C=O) groups excluding carboxylic acids is 2. The van der Waals surface area contributed by atoms with Gasteiger partial charge in [-0.25, -0.2) is 0 Å². The monoisotopic (exact) mass is 466 g/mol. The van der Waals surface area contributed by atoms with Gasteiger partial charge in [-0.15, -0.1) is 0 Å². The Kier molecular flexibility index (Phi) is 10.1. The molecular formula is C23H28Cl2N2O4. The number of carbonyl (C=O) groups is 2. The molecule has 31 heavy (non-hydrogen) atoms. The van der Waals surface area contributed by atoms with Crippen LogP contribution in [0.25, 0.3) is 0 Å². The smallest absolute Gasteiger partial charge is 0.308 e. The summed E-state index contributed by atoms with van der Waals surface area (Å²) in [5, 5.41) is 6.14. The van der Waals surface area contributed by atoms with E-state index >= 15 is 0 Å². The van der Waals surface area contributed by atoms with Crippen molar-refractivity contribution in [1.29, 1.82) is 0 Å². The average molecular weight is 467 g/mol. The van der Waals surface area contributed by atoms with E-state index in [4.69, 9.17) is 32.7 Å². The fourth-order valence-electron chi connectivity index (χ4n) is 3.03. The molecular weight excluding hydrogens is 439 g/mol. The first kappa shape index (κ1) is 25.0. The number of amides is 1. The van der Waals surface area contributed by atoms with Gasteiger partial charge in [-0.05, 0) is 51.4 Å². The van der Waals surface area contributed by atoms with Gasteiger partial charge in [0.15, 0.2) is 11.5 Å². The molecule has 0 bridgehead atoms. The molecule has 8 heteroatoms. The lowest BCUT2D eigenvalue weighted by Gasteiger charge is -2.18. The van der Waals surface area contributed by atoms with Crippen molar-refractivity contribution in [1.82, 2.24) is 10.6 Å². The third-order valence-electron chi connectivity index (χ3n) is 4.45. The van der Waals surface area contributed by atoms with Crippen LogP contribution >= 0.6 is 23.2 Å². The second kappa shape index (κ2) is 12.5. The zero-order valence-electron chi connectivity index (χ0n) is 18.0. The van der Waals surface area contributed by atoms with E-state index in [9.17, 15) is 9.59 Å². The summed E-state index contributed by atoms with van der Waals surface area (Å²) in [5.74, 6) is -0.911. The van der Waals surface area contributed by atoms with Gasteiger partial charge in [0.1, 0.15) is 5.02 Å². The van der Waals surface area contributed by atoms with E-state index < -0.39 is 11.9 Å². The van der Waals surface area contributed by atoms with E-state index in [1.54, 1.807) is 0 Å². The minimum atomic E-state index is -0.601. The van der Waals surface area contributed by atoms with Crippen molar-refractivity contribution in [3.63, 3.8) is 0 Å². The van der Waals surface area contributed by atoms with Gasteiger partial charge in [0, 0.05) is 13.0 Å². The van der Waals surface area contributed by atoms with E-state index in [1.165, 1.54) is 13.0 Å². The molecule has 0 aliphatic heterocycles. The Morgan fingerprint density at radius 1 is 1.10 bits per heavy atom. The molecule has 2 N–H and O–H groups in total. The van der Waals surface area contributed by atoms with Gasteiger partial charge in [0.2, 0.25) is 0 Å². The zero-order valence-corrected chi connectivity index (χ0v) is 19.5. The SMILES string of the molecule is CNCCCCOc1c(Cl)cc(C(=O)N[C@H](C)Cc2ccccc2)c(OC(C)=O)c1Cl. The first-order chi connectivity index (χ1) is 14.8. The maximum Gasteiger partial charge on any atom is 0.308 e. The van der Waals surface area contributed by atoms with Gasteiger partial charge in [-0.3, -0.25) is 9.59 Å². The Balaban J connectivity index is 2.20. The highest BCUT2D eigenvalue weighted by atomic mass is 35.5. The first-order valence-corrected chi connectivity index (χ1v) is 10.9. The first-order valence-electron chi connectivity index (χ1n) is 10.2. The summed E-state index contributed by atoms with van der Waals surface area (Å²) in [5.41, 5.74) is 1.17. The van der Waals surface area contributed by atoms with Crippen LogP contribution in [0.2, 0.25) is 10.0 Å². The van der Waals surface area contributed by atoms with E-state index in [1.807, 2.05) is 44.3 Å². The second-order valence-corrected chi connectivity index (χ2v) is 7.98. The number of hydrogen-bond donors (Lipinski definition) is 2. The van der Waals surface area contributed by atoms with Crippen molar-refractivity contribution in [3.8, 4) is 11.5 Å². The number of nitrogens with one attached hydrogen (secondary N) is 2. The predicted molar refractivity (Wildman–Crippen MR) is 124 cm³/mol. The number of benzene rings is 2. The Labute approximate surface area is 193 Å². The Bertz CT molecular complexity index is 891. The molecule has 0 spiro atoms.